The molecule has 4 N–H and O–H groups in total. The van der Waals surface area contributed by atoms with Gasteiger partial charge < -0.3 is 20.9 Å². The first kappa shape index (κ1) is 13.6. The number of hydrogen-bond donors (Lipinski definition) is 3. The topological polar surface area (TPSA) is 80.4 Å². The number of pyridine rings is 1. The molecule has 0 amide bonds. The average Bonchev–Trinajstić information content (AvgIpc) is 2.42. The number of methoxy groups -OCH3 is 1. The maximum atomic E-state index is 9.59. The van der Waals surface area contributed by atoms with Gasteiger partial charge in [-0.1, -0.05) is 0 Å². The molecule has 1 aromatic heterocycles. The van der Waals surface area contributed by atoms with Crippen molar-refractivity contribution >= 4 is 22.3 Å². The molecule has 1 heterocycles. The zero-order chi connectivity index (χ0) is 13.7. The van der Waals surface area contributed by atoms with E-state index in [0.29, 0.717) is 25.3 Å². The van der Waals surface area contributed by atoms with Crippen LogP contribution < -0.4 is 11.1 Å². The summed E-state index contributed by atoms with van der Waals surface area (Å²) in [4.78, 5) is 4.28. The van der Waals surface area contributed by atoms with E-state index in [1.165, 1.54) is 0 Å². The van der Waals surface area contributed by atoms with Gasteiger partial charge in [-0.15, -0.1) is 0 Å². The molecule has 5 heteroatoms. The van der Waals surface area contributed by atoms with E-state index < -0.39 is 6.10 Å². The third-order valence-electron chi connectivity index (χ3n) is 2.95. The van der Waals surface area contributed by atoms with Crippen molar-refractivity contribution in [1.82, 2.24) is 4.98 Å². The molecule has 0 aliphatic heterocycles. The molecule has 0 spiro atoms. The number of benzene rings is 1. The van der Waals surface area contributed by atoms with Crippen LogP contribution in [0.15, 0.2) is 30.5 Å². The van der Waals surface area contributed by atoms with Crippen LogP contribution in [0.4, 0.5) is 11.4 Å². The summed E-state index contributed by atoms with van der Waals surface area (Å²) in [6.45, 7) is 1.02. The summed E-state index contributed by atoms with van der Waals surface area (Å²) in [5.41, 5.74) is 8.33. The number of aliphatic hydroxyl groups excluding tert-OH is 1. The normalized spacial score (nSPS) is 12.5. The van der Waals surface area contributed by atoms with Gasteiger partial charge in [0.2, 0.25) is 0 Å². The third-order valence-corrected chi connectivity index (χ3v) is 2.95. The number of fused-ring (bicyclic) bond motifs is 1. The van der Waals surface area contributed by atoms with Crippen molar-refractivity contribution in [3.63, 3.8) is 0 Å². The van der Waals surface area contributed by atoms with E-state index in [4.69, 9.17) is 10.5 Å². The second kappa shape index (κ2) is 6.36. The first-order valence-corrected chi connectivity index (χ1v) is 6.26. The average molecular weight is 261 g/mol. The Hall–Kier alpha value is -1.85. The van der Waals surface area contributed by atoms with Crippen LogP contribution in [0.3, 0.4) is 0 Å². The fraction of sp³-hybridized carbons (Fsp3) is 0.357. The summed E-state index contributed by atoms with van der Waals surface area (Å²) in [5.74, 6) is 0. The molecule has 0 aliphatic rings. The van der Waals surface area contributed by atoms with Crippen LogP contribution in [-0.2, 0) is 4.74 Å². The number of aliphatic hydroxyl groups is 1. The lowest BCUT2D eigenvalue weighted by Crippen LogP contribution is -2.18. The van der Waals surface area contributed by atoms with Crippen LogP contribution >= 0.6 is 0 Å². The van der Waals surface area contributed by atoms with Crippen LogP contribution in [0.1, 0.15) is 6.42 Å². The molecule has 2 rings (SSSR count). The van der Waals surface area contributed by atoms with Gasteiger partial charge in [-0.3, -0.25) is 4.98 Å². The highest BCUT2D eigenvalue weighted by atomic mass is 16.5. The van der Waals surface area contributed by atoms with Gasteiger partial charge in [0.05, 0.1) is 23.9 Å². The Morgan fingerprint density at radius 1 is 1.42 bits per heavy atom. The highest BCUT2D eigenvalue weighted by molar-refractivity contribution is 5.98. The van der Waals surface area contributed by atoms with Gasteiger partial charge in [0.25, 0.3) is 0 Å². The molecular weight excluding hydrogens is 242 g/mol. The monoisotopic (exact) mass is 261 g/mol. The van der Waals surface area contributed by atoms with E-state index in [2.05, 4.69) is 10.3 Å². The number of nitrogens with two attached hydrogens (primary N) is 1. The molecule has 102 valence electrons. The minimum Gasteiger partial charge on any atom is -0.397 e. The molecule has 1 aromatic carbocycles. The van der Waals surface area contributed by atoms with Crippen molar-refractivity contribution in [2.75, 3.05) is 31.3 Å². The first-order chi connectivity index (χ1) is 9.22. The summed E-state index contributed by atoms with van der Waals surface area (Å²) >= 11 is 0. The van der Waals surface area contributed by atoms with Crippen molar-refractivity contribution in [2.45, 2.75) is 12.5 Å². The summed E-state index contributed by atoms with van der Waals surface area (Å²) in [7, 11) is 1.58. The minimum absolute atomic E-state index is 0.353. The molecule has 0 fully saturated rings. The summed E-state index contributed by atoms with van der Waals surface area (Å²) in [5, 5.41) is 13.9. The van der Waals surface area contributed by atoms with Gasteiger partial charge in [0, 0.05) is 30.9 Å². The fourth-order valence-corrected chi connectivity index (χ4v) is 2.00. The van der Waals surface area contributed by atoms with E-state index in [-0.39, 0.29) is 0 Å². The van der Waals surface area contributed by atoms with Crippen LogP contribution in [-0.4, -0.2) is 36.5 Å². The number of nitrogens with one attached hydrogen (secondary N) is 1. The fourth-order valence-electron chi connectivity index (χ4n) is 2.00. The number of nitrogen functional groups attached to an aromatic ring is 1. The van der Waals surface area contributed by atoms with Gasteiger partial charge in [0.1, 0.15) is 0 Å². The van der Waals surface area contributed by atoms with Crippen LogP contribution in [0.5, 0.6) is 0 Å². The van der Waals surface area contributed by atoms with Crippen LogP contribution in [0, 0.1) is 0 Å². The second-order valence-corrected chi connectivity index (χ2v) is 4.43. The lowest BCUT2D eigenvalue weighted by Gasteiger charge is -2.13. The first-order valence-electron chi connectivity index (χ1n) is 6.26. The zero-order valence-electron chi connectivity index (χ0n) is 11.0. The lowest BCUT2D eigenvalue weighted by atomic mass is 10.1. The smallest absolute Gasteiger partial charge is 0.0951 e. The van der Waals surface area contributed by atoms with Gasteiger partial charge in [0.15, 0.2) is 0 Å². The molecule has 2 aromatic rings. The number of hydrogen-bond acceptors (Lipinski definition) is 5. The Bertz CT molecular complexity index is 545. The second-order valence-electron chi connectivity index (χ2n) is 4.43. The molecule has 1 atom stereocenters. The Kier molecular flexibility index (Phi) is 4.54. The SMILES string of the molecule is COCC(O)CCNc1ccc(N)c2ncccc12. The Balaban J connectivity index is 2.07. The summed E-state index contributed by atoms with van der Waals surface area (Å²) in [6, 6.07) is 7.63. The quantitative estimate of drug-likeness (QED) is 0.689. The van der Waals surface area contributed by atoms with Crippen molar-refractivity contribution in [3.8, 4) is 0 Å². The van der Waals surface area contributed by atoms with Gasteiger partial charge >= 0.3 is 0 Å². The van der Waals surface area contributed by atoms with Gasteiger partial charge in [-0.05, 0) is 30.7 Å². The maximum Gasteiger partial charge on any atom is 0.0951 e. The predicted molar refractivity (Wildman–Crippen MR) is 77.1 cm³/mol. The van der Waals surface area contributed by atoms with Crippen molar-refractivity contribution in [1.29, 1.82) is 0 Å². The Labute approximate surface area is 112 Å². The molecule has 0 bridgehead atoms. The molecule has 19 heavy (non-hydrogen) atoms. The van der Waals surface area contributed by atoms with E-state index in [9.17, 15) is 5.11 Å². The van der Waals surface area contributed by atoms with Crippen molar-refractivity contribution < 1.29 is 9.84 Å². The molecule has 0 saturated carbocycles. The third kappa shape index (κ3) is 3.33. The maximum absolute atomic E-state index is 9.59. The number of anilines is 2. The lowest BCUT2D eigenvalue weighted by molar-refractivity contribution is 0.0615. The molecule has 5 nitrogen and oxygen atoms in total. The van der Waals surface area contributed by atoms with Crippen molar-refractivity contribution in [3.05, 3.63) is 30.5 Å². The van der Waals surface area contributed by atoms with Crippen LogP contribution in [0.2, 0.25) is 0 Å². The van der Waals surface area contributed by atoms with Gasteiger partial charge in [-0.25, -0.2) is 0 Å². The molecule has 1 unspecified atom stereocenters. The number of ether oxygens (including phenoxy) is 1. The zero-order valence-corrected chi connectivity index (χ0v) is 11.0. The predicted octanol–water partition coefficient (Wildman–Crippen LogP) is 1.63. The number of aromatic nitrogens is 1. The molecular formula is C14H19N3O2. The van der Waals surface area contributed by atoms with E-state index in [1.807, 2.05) is 24.3 Å². The molecule has 0 aliphatic carbocycles. The van der Waals surface area contributed by atoms with E-state index in [0.717, 1.165) is 16.6 Å². The Morgan fingerprint density at radius 3 is 3.05 bits per heavy atom. The standard InChI is InChI=1S/C14H19N3O2/c1-19-9-10(18)6-8-16-13-5-4-12(15)14-11(13)3-2-7-17-14/h2-5,7,10,16,18H,6,8-9,15H2,1H3. The van der Waals surface area contributed by atoms with E-state index in [1.54, 1.807) is 13.3 Å². The largest absolute Gasteiger partial charge is 0.397 e. The van der Waals surface area contributed by atoms with Gasteiger partial charge in [-0.2, -0.15) is 0 Å². The summed E-state index contributed by atoms with van der Waals surface area (Å²) in [6.07, 6.45) is 1.90. The summed E-state index contributed by atoms with van der Waals surface area (Å²) < 4.78 is 4.89. The van der Waals surface area contributed by atoms with Crippen LogP contribution in [0.25, 0.3) is 10.9 Å². The number of rotatable bonds is 6. The molecule has 0 saturated heterocycles. The highest BCUT2D eigenvalue weighted by Crippen LogP contribution is 2.26. The number of nitrogens with zero attached hydrogens (tertiary/aromatic N) is 1. The van der Waals surface area contributed by atoms with E-state index >= 15 is 0 Å². The van der Waals surface area contributed by atoms with Crippen molar-refractivity contribution in [2.24, 2.45) is 0 Å². The Morgan fingerprint density at radius 2 is 2.26 bits per heavy atom. The minimum atomic E-state index is -0.448. The highest BCUT2D eigenvalue weighted by Gasteiger charge is 2.06. The molecule has 0 radical (unpaired) electrons.